The van der Waals surface area contributed by atoms with Gasteiger partial charge in [0, 0.05) is 49.7 Å². The summed E-state index contributed by atoms with van der Waals surface area (Å²) >= 11 is 0. The van der Waals surface area contributed by atoms with E-state index in [1.165, 1.54) is 44.1 Å². The van der Waals surface area contributed by atoms with Gasteiger partial charge in [-0.2, -0.15) is 0 Å². The molecule has 2 heterocycles. The highest BCUT2D eigenvalue weighted by atomic mass is 16.3. The first-order valence-electron chi connectivity index (χ1n) is 21.5. The fraction of sp³-hybridized carbons (Fsp3) is 0. The van der Waals surface area contributed by atoms with Crippen LogP contribution in [0.4, 0.5) is 17.1 Å². The quantitative estimate of drug-likeness (QED) is 0.153. The molecule has 63 heavy (non-hydrogen) atoms. The highest BCUT2D eigenvalue weighted by molar-refractivity contribution is 6.11. The van der Waals surface area contributed by atoms with Crippen LogP contribution in [0.1, 0.15) is 0 Å². The van der Waals surface area contributed by atoms with E-state index in [1.54, 1.807) is 0 Å². The number of nitrogens with zero attached hydrogens (tertiary/aromatic N) is 2. The van der Waals surface area contributed by atoms with Crippen molar-refractivity contribution in [3.63, 3.8) is 0 Å². The fourth-order valence-corrected chi connectivity index (χ4v) is 9.39. The molecule has 2 aromatic heterocycles. The molecule has 12 rings (SSSR count). The molecule has 10 aromatic carbocycles. The number of rotatable bonds is 8. The van der Waals surface area contributed by atoms with Crippen LogP contribution in [0.5, 0.6) is 0 Å². The van der Waals surface area contributed by atoms with Crippen LogP contribution in [0.3, 0.4) is 0 Å². The van der Waals surface area contributed by atoms with Gasteiger partial charge in [0.05, 0.1) is 16.7 Å². The average molecular weight is 805 g/mol. The molecule has 12 aromatic rings. The zero-order chi connectivity index (χ0) is 41.7. The molecule has 0 aliphatic rings. The van der Waals surface area contributed by atoms with Crippen molar-refractivity contribution in [3.05, 3.63) is 243 Å². The molecular weight excluding hydrogens is 765 g/mol. The molecule has 0 unspecified atom stereocenters. The third kappa shape index (κ3) is 6.38. The van der Waals surface area contributed by atoms with Crippen molar-refractivity contribution >= 4 is 60.8 Å². The van der Waals surface area contributed by atoms with Gasteiger partial charge in [-0.1, -0.05) is 170 Å². The largest absolute Gasteiger partial charge is 0.455 e. The van der Waals surface area contributed by atoms with Crippen molar-refractivity contribution in [1.82, 2.24) is 4.57 Å². The van der Waals surface area contributed by atoms with E-state index in [-0.39, 0.29) is 0 Å². The Labute approximate surface area is 366 Å². The molecular formula is C60H40N2O. The van der Waals surface area contributed by atoms with Crippen molar-refractivity contribution in [2.45, 2.75) is 0 Å². The first-order valence-corrected chi connectivity index (χ1v) is 21.5. The van der Waals surface area contributed by atoms with Crippen LogP contribution in [0, 0.1) is 0 Å². The summed E-state index contributed by atoms with van der Waals surface area (Å²) in [5.41, 5.74) is 17.9. The van der Waals surface area contributed by atoms with Gasteiger partial charge in [-0.05, 0) is 106 Å². The third-order valence-corrected chi connectivity index (χ3v) is 12.4. The molecule has 0 fully saturated rings. The Morgan fingerprint density at radius 3 is 1.52 bits per heavy atom. The summed E-state index contributed by atoms with van der Waals surface area (Å²) in [6.45, 7) is 0. The van der Waals surface area contributed by atoms with Crippen LogP contribution >= 0.6 is 0 Å². The summed E-state index contributed by atoms with van der Waals surface area (Å²) in [5.74, 6) is 0. The summed E-state index contributed by atoms with van der Waals surface area (Å²) in [4.78, 5) is 2.38. The smallest absolute Gasteiger partial charge is 0.143 e. The highest BCUT2D eigenvalue weighted by Crippen LogP contribution is 2.43. The number of para-hydroxylation sites is 4. The second-order valence-corrected chi connectivity index (χ2v) is 16.1. The Morgan fingerprint density at radius 2 is 0.825 bits per heavy atom. The Morgan fingerprint density at radius 1 is 0.317 bits per heavy atom. The van der Waals surface area contributed by atoms with E-state index in [2.05, 4.69) is 246 Å². The molecule has 0 amide bonds. The number of aromatic nitrogens is 1. The Hall–Kier alpha value is -8.40. The van der Waals surface area contributed by atoms with Crippen molar-refractivity contribution in [1.29, 1.82) is 0 Å². The number of anilines is 3. The topological polar surface area (TPSA) is 21.3 Å². The van der Waals surface area contributed by atoms with Crippen LogP contribution in [-0.2, 0) is 0 Å². The summed E-state index contributed by atoms with van der Waals surface area (Å²) in [6.07, 6.45) is 0. The SMILES string of the molecule is c1ccc(-c2ccccc2N(c2ccc(-c3ccc4oc5c(-c6ccccc6)cccc5c4c3)cc2)c2ccc(-c3ccc4c(c3)c3ccccc3n4-c3ccccc3)cc2)cc1. The highest BCUT2D eigenvalue weighted by Gasteiger charge is 2.19. The molecule has 0 saturated heterocycles. The summed E-state index contributed by atoms with van der Waals surface area (Å²) in [7, 11) is 0. The van der Waals surface area contributed by atoms with Gasteiger partial charge in [0.15, 0.2) is 0 Å². The molecule has 0 aliphatic heterocycles. The molecule has 296 valence electrons. The van der Waals surface area contributed by atoms with Crippen molar-refractivity contribution in [3.8, 4) is 50.2 Å². The first-order chi connectivity index (χ1) is 31.2. The standard InChI is InChI=1S/C60H40N2O/c1-4-15-43(16-5-1)50-21-10-12-25-56(50)61(48-33-27-41(28-34-48)45-31-37-58-54(39-45)52-22-11-13-26-57(52)62(58)47-19-8-3-9-20-47)49-35-29-42(30-36-49)46-32-38-59-55(40-46)53-24-14-23-51(60(53)63-59)44-17-6-2-7-18-44/h1-40H. The van der Waals surface area contributed by atoms with Gasteiger partial charge in [0.1, 0.15) is 11.2 Å². The predicted octanol–water partition coefficient (Wildman–Crippen LogP) is 16.8. The maximum absolute atomic E-state index is 6.51. The molecule has 0 atom stereocenters. The van der Waals surface area contributed by atoms with Gasteiger partial charge in [-0.25, -0.2) is 0 Å². The van der Waals surface area contributed by atoms with Crippen LogP contribution in [0.15, 0.2) is 247 Å². The molecule has 3 nitrogen and oxygen atoms in total. The molecule has 0 saturated carbocycles. The fourth-order valence-electron chi connectivity index (χ4n) is 9.39. The van der Waals surface area contributed by atoms with Crippen molar-refractivity contribution < 1.29 is 4.42 Å². The Kier molecular flexibility index (Phi) is 8.83. The number of fused-ring (bicyclic) bond motifs is 6. The van der Waals surface area contributed by atoms with Gasteiger partial charge < -0.3 is 13.9 Å². The van der Waals surface area contributed by atoms with Crippen LogP contribution < -0.4 is 4.90 Å². The summed E-state index contributed by atoms with van der Waals surface area (Å²) < 4.78 is 8.87. The van der Waals surface area contributed by atoms with Gasteiger partial charge in [0.2, 0.25) is 0 Å². The van der Waals surface area contributed by atoms with E-state index in [0.29, 0.717) is 0 Å². The zero-order valence-electron chi connectivity index (χ0n) is 34.4. The van der Waals surface area contributed by atoms with E-state index < -0.39 is 0 Å². The Balaban J connectivity index is 0.932. The molecule has 0 aliphatic carbocycles. The van der Waals surface area contributed by atoms with Crippen LogP contribution in [0.25, 0.3) is 93.9 Å². The minimum absolute atomic E-state index is 0.889. The van der Waals surface area contributed by atoms with E-state index >= 15 is 0 Å². The molecule has 0 bridgehead atoms. The van der Waals surface area contributed by atoms with E-state index in [9.17, 15) is 0 Å². The molecule has 0 spiro atoms. The summed E-state index contributed by atoms with van der Waals surface area (Å²) in [6, 6.07) is 87.0. The van der Waals surface area contributed by atoms with Crippen molar-refractivity contribution in [2.24, 2.45) is 0 Å². The van der Waals surface area contributed by atoms with Gasteiger partial charge in [0.25, 0.3) is 0 Å². The molecule has 3 heteroatoms. The van der Waals surface area contributed by atoms with Crippen LogP contribution in [0.2, 0.25) is 0 Å². The zero-order valence-corrected chi connectivity index (χ0v) is 34.4. The number of furan rings is 1. The minimum Gasteiger partial charge on any atom is -0.455 e. The number of hydrogen-bond acceptors (Lipinski definition) is 2. The Bertz CT molecular complexity index is 3590. The first kappa shape index (κ1) is 36.5. The molecule has 0 N–H and O–H groups in total. The van der Waals surface area contributed by atoms with Gasteiger partial charge in [-0.15, -0.1) is 0 Å². The predicted molar refractivity (Wildman–Crippen MR) is 264 cm³/mol. The van der Waals surface area contributed by atoms with Crippen molar-refractivity contribution in [2.75, 3.05) is 4.90 Å². The normalized spacial score (nSPS) is 11.5. The van der Waals surface area contributed by atoms with Crippen LogP contribution in [-0.4, -0.2) is 4.57 Å². The number of benzene rings is 10. The lowest BCUT2D eigenvalue weighted by atomic mass is 9.99. The lowest BCUT2D eigenvalue weighted by molar-refractivity contribution is 0.670. The maximum Gasteiger partial charge on any atom is 0.143 e. The van der Waals surface area contributed by atoms with Gasteiger partial charge >= 0.3 is 0 Å². The van der Waals surface area contributed by atoms with Gasteiger partial charge in [-0.3, -0.25) is 0 Å². The second-order valence-electron chi connectivity index (χ2n) is 16.1. The maximum atomic E-state index is 6.51. The lowest BCUT2D eigenvalue weighted by Crippen LogP contribution is -2.11. The monoisotopic (exact) mass is 804 g/mol. The average Bonchev–Trinajstić information content (AvgIpc) is 3.91. The lowest BCUT2D eigenvalue weighted by Gasteiger charge is -2.28. The summed E-state index contributed by atoms with van der Waals surface area (Å²) in [5, 5.41) is 4.73. The third-order valence-electron chi connectivity index (χ3n) is 12.4. The van der Waals surface area contributed by atoms with E-state index in [1.807, 2.05) is 6.07 Å². The second kappa shape index (κ2) is 15.3. The number of hydrogen-bond donors (Lipinski definition) is 0. The minimum atomic E-state index is 0.889. The van der Waals surface area contributed by atoms with E-state index in [0.717, 1.165) is 66.9 Å². The molecule has 0 radical (unpaired) electrons. The van der Waals surface area contributed by atoms with E-state index in [4.69, 9.17) is 4.42 Å².